The molecular formula is C26H25N3O3S. The lowest BCUT2D eigenvalue weighted by Gasteiger charge is -2.11. The molecule has 0 aliphatic rings. The molecule has 33 heavy (non-hydrogen) atoms. The van der Waals surface area contributed by atoms with E-state index in [-0.39, 0.29) is 11.0 Å². The summed E-state index contributed by atoms with van der Waals surface area (Å²) in [6, 6.07) is 20.5. The van der Waals surface area contributed by atoms with E-state index in [9.17, 15) is 4.79 Å². The fraction of sp³-hybridized carbons (Fsp3) is 0.192. The fourth-order valence-corrected chi connectivity index (χ4v) is 3.47. The fourth-order valence-electron chi connectivity index (χ4n) is 3.26. The number of aromatic nitrogens is 1. The molecule has 168 valence electrons. The second-order valence-corrected chi connectivity index (χ2v) is 8.11. The smallest absolute Gasteiger partial charge is 0.257 e. The minimum atomic E-state index is -0.299. The van der Waals surface area contributed by atoms with Gasteiger partial charge in [0.1, 0.15) is 11.3 Å². The topological polar surface area (TPSA) is 76.4 Å². The standard InChI is InChI=1S/C26H25N3O3S/c1-3-4-14-31-21-7-5-6-19(16-21)24(30)29-26(33)27-20-11-9-18(10-12-20)25-28-22-15-17(2)8-13-23(22)32-25/h5-13,15-16H,3-4,14H2,1-2H3,(H2,27,29,30,33). The minimum Gasteiger partial charge on any atom is -0.494 e. The number of ether oxygens (including phenoxy) is 1. The molecule has 4 rings (SSSR count). The predicted octanol–water partition coefficient (Wildman–Crippen LogP) is 6.11. The van der Waals surface area contributed by atoms with Gasteiger partial charge >= 0.3 is 0 Å². The van der Waals surface area contributed by atoms with Crippen molar-refractivity contribution in [2.75, 3.05) is 11.9 Å². The van der Waals surface area contributed by atoms with Gasteiger partial charge < -0.3 is 14.5 Å². The summed E-state index contributed by atoms with van der Waals surface area (Å²) in [6.45, 7) is 4.75. The van der Waals surface area contributed by atoms with E-state index in [2.05, 4.69) is 22.5 Å². The monoisotopic (exact) mass is 459 g/mol. The predicted molar refractivity (Wildman–Crippen MR) is 135 cm³/mol. The van der Waals surface area contributed by atoms with Gasteiger partial charge in [0.15, 0.2) is 10.7 Å². The molecule has 1 heterocycles. The summed E-state index contributed by atoms with van der Waals surface area (Å²) in [7, 11) is 0. The number of aryl methyl sites for hydroxylation is 1. The molecule has 0 radical (unpaired) electrons. The quantitative estimate of drug-likeness (QED) is 0.257. The number of rotatable bonds is 7. The molecule has 0 spiro atoms. The first-order valence-electron chi connectivity index (χ1n) is 10.8. The van der Waals surface area contributed by atoms with Crippen LogP contribution in [0.25, 0.3) is 22.6 Å². The highest BCUT2D eigenvalue weighted by atomic mass is 32.1. The molecule has 0 saturated heterocycles. The van der Waals surface area contributed by atoms with Crippen molar-refractivity contribution in [3.05, 3.63) is 77.9 Å². The first-order valence-corrected chi connectivity index (χ1v) is 11.3. The van der Waals surface area contributed by atoms with Crippen molar-refractivity contribution in [3.63, 3.8) is 0 Å². The SMILES string of the molecule is CCCCOc1cccc(C(=O)NC(=S)Nc2ccc(-c3nc4cc(C)ccc4o3)cc2)c1. The van der Waals surface area contributed by atoms with Gasteiger partial charge in [0.25, 0.3) is 5.91 Å². The highest BCUT2D eigenvalue weighted by molar-refractivity contribution is 7.80. The number of carbonyl (C=O) groups is 1. The molecule has 0 saturated carbocycles. The van der Waals surface area contributed by atoms with Gasteiger partial charge in [0, 0.05) is 16.8 Å². The molecule has 0 bridgehead atoms. The normalized spacial score (nSPS) is 10.7. The highest BCUT2D eigenvalue weighted by Crippen LogP contribution is 2.26. The zero-order valence-electron chi connectivity index (χ0n) is 18.6. The Morgan fingerprint density at radius 3 is 2.70 bits per heavy atom. The van der Waals surface area contributed by atoms with Gasteiger partial charge in [-0.25, -0.2) is 4.98 Å². The number of benzene rings is 3. The van der Waals surface area contributed by atoms with Gasteiger partial charge in [-0.3, -0.25) is 10.1 Å². The van der Waals surface area contributed by atoms with Crippen molar-refractivity contribution in [2.24, 2.45) is 0 Å². The molecule has 0 unspecified atom stereocenters. The summed E-state index contributed by atoms with van der Waals surface area (Å²) in [5.74, 6) is 0.922. The van der Waals surface area contributed by atoms with E-state index in [0.717, 1.165) is 40.8 Å². The number of unbranched alkanes of at least 4 members (excludes halogenated alkanes) is 1. The van der Waals surface area contributed by atoms with Crippen LogP contribution in [-0.4, -0.2) is 22.6 Å². The summed E-state index contributed by atoms with van der Waals surface area (Å²) in [5.41, 5.74) is 4.79. The largest absolute Gasteiger partial charge is 0.494 e. The Morgan fingerprint density at radius 1 is 1.09 bits per heavy atom. The summed E-state index contributed by atoms with van der Waals surface area (Å²) in [5, 5.41) is 5.94. The Hall–Kier alpha value is -3.71. The van der Waals surface area contributed by atoms with Crippen LogP contribution >= 0.6 is 12.2 Å². The van der Waals surface area contributed by atoms with Crippen molar-refractivity contribution in [1.29, 1.82) is 0 Å². The molecule has 0 fully saturated rings. The molecule has 7 heteroatoms. The average molecular weight is 460 g/mol. The van der Waals surface area contributed by atoms with Crippen LogP contribution in [0.3, 0.4) is 0 Å². The first-order chi connectivity index (χ1) is 16.0. The summed E-state index contributed by atoms with van der Waals surface area (Å²) >= 11 is 5.31. The number of carbonyl (C=O) groups excluding carboxylic acids is 1. The van der Waals surface area contributed by atoms with Gasteiger partial charge in [-0.2, -0.15) is 0 Å². The van der Waals surface area contributed by atoms with Crippen molar-refractivity contribution < 1.29 is 13.9 Å². The van der Waals surface area contributed by atoms with Crippen LogP contribution in [0.2, 0.25) is 0 Å². The Balaban J connectivity index is 1.36. The number of hydrogen-bond acceptors (Lipinski definition) is 5. The van der Waals surface area contributed by atoms with E-state index in [4.69, 9.17) is 21.4 Å². The molecule has 0 atom stereocenters. The van der Waals surface area contributed by atoms with E-state index in [1.165, 1.54) is 0 Å². The summed E-state index contributed by atoms with van der Waals surface area (Å²) in [6.07, 6.45) is 2.02. The van der Waals surface area contributed by atoms with Gasteiger partial charge in [0.2, 0.25) is 5.89 Å². The number of nitrogens with one attached hydrogen (secondary N) is 2. The maximum atomic E-state index is 12.6. The van der Waals surface area contributed by atoms with Crippen molar-refractivity contribution in [3.8, 4) is 17.2 Å². The lowest BCUT2D eigenvalue weighted by molar-refractivity contribution is 0.0977. The van der Waals surface area contributed by atoms with Crippen LogP contribution in [0, 0.1) is 6.92 Å². The number of hydrogen-bond donors (Lipinski definition) is 2. The van der Waals surface area contributed by atoms with E-state index < -0.39 is 0 Å². The van der Waals surface area contributed by atoms with Crippen LogP contribution in [0.4, 0.5) is 5.69 Å². The number of anilines is 1. The third kappa shape index (κ3) is 5.75. The van der Waals surface area contributed by atoms with Gasteiger partial charge in [-0.05, 0) is 85.7 Å². The highest BCUT2D eigenvalue weighted by Gasteiger charge is 2.11. The van der Waals surface area contributed by atoms with Crippen molar-refractivity contribution in [1.82, 2.24) is 10.3 Å². The van der Waals surface area contributed by atoms with Crippen LogP contribution in [0.15, 0.2) is 71.1 Å². The third-order valence-corrected chi connectivity index (χ3v) is 5.23. The zero-order chi connectivity index (χ0) is 23.2. The lowest BCUT2D eigenvalue weighted by atomic mass is 10.2. The minimum absolute atomic E-state index is 0.211. The van der Waals surface area contributed by atoms with Crippen LogP contribution in [-0.2, 0) is 0 Å². The van der Waals surface area contributed by atoms with E-state index in [0.29, 0.717) is 23.8 Å². The molecule has 0 aliphatic heterocycles. The van der Waals surface area contributed by atoms with Crippen molar-refractivity contribution >= 4 is 40.0 Å². The average Bonchev–Trinajstić information content (AvgIpc) is 3.23. The summed E-state index contributed by atoms with van der Waals surface area (Å²) < 4.78 is 11.5. The zero-order valence-corrected chi connectivity index (χ0v) is 19.4. The Labute approximate surface area is 198 Å². The molecule has 1 aromatic heterocycles. The molecule has 1 amide bonds. The number of thiocarbonyl (C=S) groups is 1. The number of nitrogens with zero attached hydrogens (tertiary/aromatic N) is 1. The maximum Gasteiger partial charge on any atom is 0.257 e. The second-order valence-electron chi connectivity index (χ2n) is 7.71. The van der Waals surface area contributed by atoms with Gasteiger partial charge in [-0.1, -0.05) is 25.5 Å². The number of oxazole rings is 1. The Morgan fingerprint density at radius 2 is 1.91 bits per heavy atom. The lowest BCUT2D eigenvalue weighted by Crippen LogP contribution is -2.34. The summed E-state index contributed by atoms with van der Waals surface area (Å²) in [4.78, 5) is 17.1. The molecule has 6 nitrogen and oxygen atoms in total. The van der Waals surface area contributed by atoms with E-state index in [1.54, 1.807) is 18.2 Å². The van der Waals surface area contributed by atoms with E-state index in [1.807, 2.05) is 55.5 Å². The van der Waals surface area contributed by atoms with Gasteiger partial charge in [-0.15, -0.1) is 0 Å². The Kier molecular flexibility index (Phi) is 7.00. The number of fused-ring (bicyclic) bond motifs is 1. The van der Waals surface area contributed by atoms with Crippen molar-refractivity contribution in [2.45, 2.75) is 26.7 Å². The van der Waals surface area contributed by atoms with Crippen LogP contribution in [0.1, 0.15) is 35.7 Å². The molecule has 0 aliphatic carbocycles. The Bertz CT molecular complexity index is 1280. The molecule has 3 aromatic carbocycles. The van der Waals surface area contributed by atoms with Crippen LogP contribution < -0.4 is 15.4 Å². The molecular weight excluding hydrogens is 434 g/mol. The molecule has 2 N–H and O–H groups in total. The van der Waals surface area contributed by atoms with Crippen LogP contribution in [0.5, 0.6) is 5.75 Å². The maximum absolute atomic E-state index is 12.6. The van der Waals surface area contributed by atoms with Gasteiger partial charge in [0.05, 0.1) is 6.61 Å². The third-order valence-electron chi connectivity index (χ3n) is 5.02. The first kappa shape index (κ1) is 22.5. The number of amides is 1. The molecule has 4 aromatic rings. The second kappa shape index (κ2) is 10.3. The van der Waals surface area contributed by atoms with E-state index >= 15 is 0 Å².